The Hall–Kier alpha value is -1.32. The molecule has 0 radical (unpaired) electrons. The van der Waals surface area contributed by atoms with E-state index in [9.17, 15) is 5.11 Å². The summed E-state index contributed by atoms with van der Waals surface area (Å²) >= 11 is 0. The topological polar surface area (TPSA) is 29.5 Å². The molecule has 0 aromatic heterocycles. The largest absolute Gasteiger partial charge is 0.512 e. The molecule has 1 spiro atoms. The van der Waals surface area contributed by atoms with Gasteiger partial charge < -0.3 is 9.84 Å². The Balaban J connectivity index is 1.86. The molecule has 0 amide bonds. The second-order valence-electron chi connectivity index (χ2n) is 8.95. The summed E-state index contributed by atoms with van der Waals surface area (Å²) in [6.07, 6.45) is 9.50. The van der Waals surface area contributed by atoms with Crippen molar-refractivity contribution in [1.29, 1.82) is 0 Å². The fourth-order valence-corrected chi connectivity index (χ4v) is 5.05. The molecule has 1 aromatic rings. The van der Waals surface area contributed by atoms with Gasteiger partial charge in [-0.25, -0.2) is 0 Å². The van der Waals surface area contributed by atoms with Crippen LogP contribution >= 0.6 is 0 Å². The van der Waals surface area contributed by atoms with E-state index in [-0.39, 0.29) is 5.60 Å². The lowest BCUT2D eigenvalue weighted by molar-refractivity contribution is -0.0800. The van der Waals surface area contributed by atoms with Crippen LogP contribution in [0.2, 0.25) is 25.7 Å². The Morgan fingerprint density at radius 1 is 1.28 bits per heavy atom. The zero-order chi connectivity index (χ0) is 17.9. The first-order chi connectivity index (χ1) is 11.9. The van der Waals surface area contributed by atoms with Crippen molar-refractivity contribution < 1.29 is 9.84 Å². The van der Waals surface area contributed by atoms with E-state index in [2.05, 4.69) is 56.0 Å². The molecule has 1 fully saturated rings. The minimum absolute atomic E-state index is 0.158. The summed E-state index contributed by atoms with van der Waals surface area (Å²) in [6, 6.07) is 12.1. The maximum atomic E-state index is 10.1. The number of hydrogen-bond donors (Lipinski definition) is 1. The lowest BCUT2D eigenvalue weighted by atomic mass is 9.71. The predicted octanol–water partition coefficient (Wildman–Crippen LogP) is 6.20. The zero-order valence-electron chi connectivity index (χ0n) is 15.9. The van der Waals surface area contributed by atoms with Crippen LogP contribution < -0.4 is 0 Å². The first kappa shape index (κ1) is 18.5. The van der Waals surface area contributed by atoms with Crippen molar-refractivity contribution in [2.24, 2.45) is 5.92 Å². The molecule has 3 heteroatoms. The smallest absolute Gasteiger partial charge is 0.0934 e. The molecule has 2 unspecified atom stereocenters. The van der Waals surface area contributed by atoms with Crippen LogP contribution in [-0.4, -0.2) is 25.4 Å². The Morgan fingerprint density at radius 2 is 2.04 bits per heavy atom. The maximum Gasteiger partial charge on any atom is 0.0934 e. The lowest BCUT2D eigenvalue weighted by Crippen LogP contribution is -2.41. The molecular weight excluding hydrogens is 324 g/mol. The minimum atomic E-state index is -1.13. The third kappa shape index (κ3) is 4.86. The fourth-order valence-electron chi connectivity index (χ4n) is 4.22. The highest BCUT2D eigenvalue weighted by atomic mass is 28.3. The molecule has 136 valence electrons. The molecule has 1 aliphatic heterocycles. The molecule has 2 aliphatic rings. The summed E-state index contributed by atoms with van der Waals surface area (Å²) in [5.41, 5.74) is 2.70. The number of hydrogen-bond acceptors (Lipinski definition) is 2. The van der Waals surface area contributed by atoms with Crippen molar-refractivity contribution in [3.8, 4) is 0 Å². The van der Waals surface area contributed by atoms with Gasteiger partial charge in [-0.15, -0.1) is 0 Å². The number of aliphatic hydroxyl groups is 1. The van der Waals surface area contributed by atoms with Crippen LogP contribution in [-0.2, 0) is 4.74 Å². The van der Waals surface area contributed by atoms with Crippen LogP contribution in [0.1, 0.15) is 37.7 Å². The van der Waals surface area contributed by atoms with Crippen LogP contribution in [0.4, 0.5) is 0 Å². The molecule has 2 nitrogen and oxygen atoms in total. The van der Waals surface area contributed by atoms with E-state index in [4.69, 9.17) is 4.74 Å². The highest BCUT2D eigenvalue weighted by Gasteiger charge is 2.40. The van der Waals surface area contributed by atoms with Gasteiger partial charge in [0.2, 0.25) is 0 Å². The van der Waals surface area contributed by atoms with Gasteiger partial charge in [0.25, 0.3) is 0 Å². The molecule has 1 saturated carbocycles. The summed E-state index contributed by atoms with van der Waals surface area (Å²) in [6.45, 7) is 7.85. The monoisotopic (exact) mass is 356 g/mol. The molecule has 1 aromatic carbocycles. The van der Waals surface area contributed by atoms with Crippen LogP contribution in [0.25, 0.3) is 5.57 Å². The van der Waals surface area contributed by atoms with Gasteiger partial charge >= 0.3 is 0 Å². The first-order valence-corrected chi connectivity index (χ1v) is 13.4. The molecule has 25 heavy (non-hydrogen) atoms. The molecule has 0 bridgehead atoms. The summed E-state index contributed by atoms with van der Waals surface area (Å²) in [7, 11) is -1.13. The van der Waals surface area contributed by atoms with Gasteiger partial charge in [0.15, 0.2) is 0 Å². The number of allylic oxidation sites excluding steroid dienone is 2. The van der Waals surface area contributed by atoms with Crippen molar-refractivity contribution in [3.63, 3.8) is 0 Å². The Morgan fingerprint density at radius 3 is 2.72 bits per heavy atom. The lowest BCUT2D eigenvalue weighted by Gasteiger charge is -2.43. The van der Waals surface area contributed by atoms with Gasteiger partial charge in [-0.1, -0.05) is 56.0 Å². The quantitative estimate of drug-likeness (QED) is 0.651. The molecule has 2 atom stereocenters. The number of aliphatic hydroxyl groups excluding tert-OH is 1. The third-order valence-electron chi connectivity index (χ3n) is 5.50. The van der Waals surface area contributed by atoms with Gasteiger partial charge in [0.05, 0.1) is 18.0 Å². The second-order valence-corrected chi connectivity index (χ2v) is 14.5. The molecule has 1 aliphatic carbocycles. The van der Waals surface area contributed by atoms with Crippen molar-refractivity contribution in [1.82, 2.24) is 0 Å². The highest BCUT2D eigenvalue weighted by Crippen LogP contribution is 2.45. The van der Waals surface area contributed by atoms with Gasteiger partial charge in [0.1, 0.15) is 0 Å². The molecule has 1 N–H and O–H groups in total. The molecule has 3 rings (SSSR count). The fraction of sp³-hybridized carbons (Fsp3) is 0.545. The summed E-state index contributed by atoms with van der Waals surface area (Å²) < 4.78 is 6.18. The van der Waals surface area contributed by atoms with E-state index >= 15 is 0 Å². The Labute approximate surface area is 153 Å². The van der Waals surface area contributed by atoms with Crippen molar-refractivity contribution in [2.75, 3.05) is 6.61 Å². The number of ether oxygens (including phenoxy) is 1. The third-order valence-corrected chi connectivity index (χ3v) is 6.93. The van der Waals surface area contributed by atoms with Crippen LogP contribution in [0.15, 0.2) is 48.2 Å². The predicted molar refractivity (Wildman–Crippen MR) is 109 cm³/mol. The maximum absolute atomic E-state index is 10.1. The standard InChI is InChI=1S/C22H32O2Si/c1-25(2,3)15-12-21(18-8-5-4-6-9-18)19-10-7-13-22(16-19)17-20(23)11-14-24-22/h4-6,8-9,11-12,19,23H,7,10,13-17H2,1-3H3/b21-12-. The molecule has 0 saturated heterocycles. The SMILES string of the molecule is C[Si](C)(C)C/C=C(/c1ccccc1)C1CCCC2(CC(O)=CCO2)C1. The van der Waals surface area contributed by atoms with E-state index < -0.39 is 8.07 Å². The van der Waals surface area contributed by atoms with Gasteiger partial charge in [-0.3, -0.25) is 0 Å². The van der Waals surface area contributed by atoms with Crippen molar-refractivity contribution in [3.05, 3.63) is 53.8 Å². The minimum Gasteiger partial charge on any atom is -0.512 e. The molecular formula is C22H32O2Si. The van der Waals surface area contributed by atoms with Crippen LogP contribution in [0.3, 0.4) is 0 Å². The van der Waals surface area contributed by atoms with Gasteiger partial charge in [-0.2, -0.15) is 0 Å². The average Bonchev–Trinajstić information content (AvgIpc) is 2.55. The zero-order valence-corrected chi connectivity index (χ0v) is 16.9. The second kappa shape index (κ2) is 7.51. The van der Waals surface area contributed by atoms with E-state index in [1.54, 1.807) is 0 Å². The van der Waals surface area contributed by atoms with Crippen LogP contribution in [0.5, 0.6) is 0 Å². The summed E-state index contributed by atoms with van der Waals surface area (Å²) in [5.74, 6) is 1.04. The molecule has 1 heterocycles. The van der Waals surface area contributed by atoms with E-state index in [0.29, 0.717) is 24.7 Å². The Kier molecular flexibility index (Phi) is 5.54. The van der Waals surface area contributed by atoms with E-state index in [0.717, 1.165) is 12.8 Å². The van der Waals surface area contributed by atoms with E-state index in [1.165, 1.54) is 30.0 Å². The van der Waals surface area contributed by atoms with Crippen molar-refractivity contribution >= 4 is 13.6 Å². The highest BCUT2D eigenvalue weighted by molar-refractivity contribution is 6.76. The van der Waals surface area contributed by atoms with Gasteiger partial charge in [0, 0.05) is 14.5 Å². The number of rotatable bonds is 4. The van der Waals surface area contributed by atoms with Gasteiger partial charge in [-0.05, 0) is 54.9 Å². The summed E-state index contributed by atoms with van der Waals surface area (Å²) in [5, 5.41) is 10.1. The normalized spacial score (nSPS) is 28.0. The Bertz CT molecular complexity index is 642. The summed E-state index contributed by atoms with van der Waals surface area (Å²) in [4.78, 5) is 0. The average molecular weight is 357 g/mol. The number of benzene rings is 1. The van der Waals surface area contributed by atoms with Crippen LogP contribution in [0, 0.1) is 5.92 Å². The van der Waals surface area contributed by atoms with Crippen molar-refractivity contribution in [2.45, 2.75) is 63.4 Å². The van der Waals surface area contributed by atoms with E-state index in [1.807, 2.05) is 6.08 Å². The first-order valence-electron chi connectivity index (χ1n) is 9.64.